The SMILES string of the molecule is CCCOc1ccccc1/C=C/C(=O)Nc1ccc(OCC)c(OCC)c1. The fourth-order valence-electron chi connectivity index (χ4n) is 2.44. The molecule has 27 heavy (non-hydrogen) atoms. The number of nitrogens with one attached hydrogen (secondary N) is 1. The van der Waals surface area contributed by atoms with Crippen molar-refractivity contribution >= 4 is 17.7 Å². The van der Waals surface area contributed by atoms with E-state index in [0.717, 1.165) is 17.7 Å². The van der Waals surface area contributed by atoms with E-state index in [1.54, 1.807) is 24.3 Å². The zero-order valence-electron chi connectivity index (χ0n) is 16.2. The summed E-state index contributed by atoms with van der Waals surface area (Å²) in [5.74, 6) is 1.81. The largest absolute Gasteiger partial charge is 0.493 e. The lowest BCUT2D eigenvalue weighted by Crippen LogP contribution is -2.08. The van der Waals surface area contributed by atoms with Gasteiger partial charge in [0, 0.05) is 23.4 Å². The fraction of sp³-hybridized carbons (Fsp3) is 0.318. The second-order valence-corrected chi connectivity index (χ2v) is 5.74. The van der Waals surface area contributed by atoms with Crippen LogP contribution in [0.5, 0.6) is 17.2 Å². The lowest BCUT2D eigenvalue weighted by Gasteiger charge is -2.12. The van der Waals surface area contributed by atoms with Gasteiger partial charge in [0.2, 0.25) is 5.91 Å². The molecule has 0 unspecified atom stereocenters. The van der Waals surface area contributed by atoms with E-state index in [9.17, 15) is 4.79 Å². The molecule has 2 aromatic carbocycles. The second-order valence-electron chi connectivity index (χ2n) is 5.74. The van der Waals surface area contributed by atoms with E-state index in [1.165, 1.54) is 6.08 Å². The number of benzene rings is 2. The third kappa shape index (κ3) is 6.37. The van der Waals surface area contributed by atoms with E-state index in [1.807, 2.05) is 38.1 Å². The summed E-state index contributed by atoms with van der Waals surface area (Å²) in [4.78, 5) is 12.3. The normalized spacial score (nSPS) is 10.6. The Morgan fingerprint density at radius 3 is 2.41 bits per heavy atom. The highest BCUT2D eigenvalue weighted by Crippen LogP contribution is 2.30. The molecule has 0 fully saturated rings. The monoisotopic (exact) mass is 369 g/mol. The summed E-state index contributed by atoms with van der Waals surface area (Å²) in [6.07, 6.45) is 4.17. The van der Waals surface area contributed by atoms with Gasteiger partial charge in [-0.05, 0) is 44.5 Å². The van der Waals surface area contributed by atoms with Gasteiger partial charge in [-0.15, -0.1) is 0 Å². The van der Waals surface area contributed by atoms with E-state index >= 15 is 0 Å². The number of rotatable bonds is 10. The van der Waals surface area contributed by atoms with Crippen LogP contribution in [0, 0.1) is 0 Å². The molecular formula is C22H27NO4. The van der Waals surface area contributed by atoms with E-state index in [-0.39, 0.29) is 5.91 Å². The summed E-state index contributed by atoms with van der Waals surface area (Å²) in [6, 6.07) is 13.0. The summed E-state index contributed by atoms with van der Waals surface area (Å²) in [5.41, 5.74) is 1.51. The van der Waals surface area contributed by atoms with Crippen molar-refractivity contribution in [3.8, 4) is 17.2 Å². The Balaban J connectivity index is 2.07. The van der Waals surface area contributed by atoms with Gasteiger partial charge in [0.05, 0.1) is 19.8 Å². The van der Waals surface area contributed by atoms with Crippen LogP contribution in [0.3, 0.4) is 0 Å². The van der Waals surface area contributed by atoms with Crippen LogP contribution in [0.4, 0.5) is 5.69 Å². The zero-order chi connectivity index (χ0) is 19.5. The smallest absolute Gasteiger partial charge is 0.248 e. The molecule has 0 atom stereocenters. The van der Waals surface area contributed by atoms with Gasteiger partial charge in [-0.3, -0.25) is 4.79 Å². The number of amides is 1. The molecule has 1 amide bonds. The van der Waals surface area contributed by atoms with E-state index < -0.39 is 0 Å². The van der Waals surface area contributed by atoms with Crippen molar-refractivity contribution in [3.05, 3.63) is 54.1 Å². The Hall–Kier alpha value is -2.95. The molecule has 0 aliphatic heterocycles. The number of para-hydroxylation sites is 1. The number of hydrogen-bond acceptors (Lipinski definition) is 4. The molecule has 1 N–H and O–H groups in total. The summed E-state index contributed by atoms with van der Waals surface area (Å²) >= 11 is 0. The molecule has 0 saturated heterocycles. The Morgan fingerprint density at radius 1 is 0.926 bits per heavy atom. The highest BCUT2D eigenvalue weighted by molar-refractivity contribution is 6.02. The fourth-order valence-corrected chi connectivity index (χ4v) is 2.44. The maximum absolute atomic E-state index is 12.3. The first kappa shape index (κ1) is 20.4. The quantitative estimate of drug-likeness (QED) is 0.604. The van der Waals surface area contributed by atoms with Crippen molar-refractivity contribution in [1.29, 1.82) is 0 Å². The van der Waals surface area contributed by atoms with Crippen LogP contribution in [-0.4, -0.2) is 25.7 Å². The van der Waals surface area contributed by atoms with Crippen molar-refractivity contribution < 1.29 is 19.0 Å². The van der Waals surface area contributed by atoms with Crippen molar-refractivity contribution in [2.24, 2.45) is 0 Å². The van der Waals surface area contributed by atoms with Crippen LogP contribution in [-0.2, 0) is 4.79 Å². The highest BCUT2D eigenvalue weighted by Gasteiger charge is 2.08. The first-order valence-corrected chi connectivity index (χ1v) is 9.28. The van der Waals surface area contributed by atoms with E-state index in [4.69, 9.17) is 14.2 Å². The number of carbonyl (C=O) groups is 1. The lowest BCUT2D eigenvalue weighted by atomic mass is 10.2. The van der Waals surface area contributed by atoms with Crippen LogP contribution in [0.2, 0.25) is 0 Å². The van der Waals surface area contributed by atoms with Gasteiger partial charge in [-0.1, -0.05) is 25.1 Å². The average molecular weight is 369 g/mol. The predicted octanol–water partition coefficient (Wildman–Crippen LogP) is 4.92. The molecule has 0 saturated carbocycles. The standard InChI is InChI=1S/C22H27NO4/c1-4-15-27-19-10-8-7-9-17(19)11-14-22(24)23-18-12-13-20(25-5-2)21(16-18)26-6-3/h7-14,16H,4-6,15H2,1-3H3,(H,23,24)/b14-11+. The molecule has 2 rings (SSSR count). The lowest BCUT2D eigenvalue weighted by molar-refractivity contribution is -0.111. The first-order valence-electron chi connectivity index (χ1n) is 9.28. The molecule has 0 radical (unpaired) electrons. The molecule has 0 aromatic heterocycles. The highest BCUT2D eigenvalue weighted by atomic mass is 16.5. The third-order valence-electron chi connectivity index (χ3n) is 3.61. The molecular weight excluding hydrogens is 342 g/mol. The minimum Gasteiger partial charge on any atom is -0.493 e. The van der Waals surface area contributed by atoms with E-state index in [0.29, 0.717) is 37.0 Å². The molecule has 0 spiro atoms. The summed E-state index contributed by atoms with van der Waals surface area (Å²) in [5, 5.41) is 2.84. The predicted molar refractivity (Wildman–Crippen MR) is 109 cm³/mol. The summed E-state index contributed by atoms with van der Waals surface area (Å²) in [6.45, 7) is 7.59. The van der Waals surface area contributed by atoms with Crippen molar-refractivity contribution in [1.82, 2.24) is 0 Å². The van der Waals surface area contributed by atoms with Gasteiger partial charge in [0.25, 0.3) is 0 Å². The molecule has 0 heterocycles. The van der Waals surface area contributed by atoms with Crippen molar-refractivity contribution in [2.75, 3.05) is 25.1 Å². The molecule has 5 heteroatoms. The van der Waals surface area contributed by atoms with Crippen LogP contribution in [0.15, 0.2) is 48.5 Å². The minimum absolute atomic E-state index is 0.230. The van der Waals surface area contributed by atoms with Gasteiger partial charge in [0.1, 0.15) is 5.75 Å². The Morgan fingerprint density at radius 2 is 1.67 bits per heavy atom. The average Bonchev–Trinajstić information content (AvgIpc) is 2.67. The Kier molecular flexibility index (Phi) is 8.23. The van der Waals surface area contributed by atoms with Crippen molar-refractivity contribution in [3.63, 3.8) is 0 Å². The van der Waals surface area contributed by atoms with Gasteiger partial charge < -0.3 is 19.5 Å². The van der Waals surface area contributed by atoms with Gasteiger partial charge in [-0.25, -0.2) is 0 Å². The number of carbonyl (C=O) groups excluding carboxylic acids is 1. The number of hydrogen-bond donors (Lipinski definition) is 1. The third-order valence-corrected chi connectivity index (χ3v) is 3.61. The van der Waals surface area contributed by atoms with Crippen LogP contribution >= 0.6 is 0 Å². The van der Waals surface area contributed by atoms with Gasteiger partial charge >= 0.3 is 0 Å². The maximum Gasteiger partial charge on any atom is 0.248 e. The van der Waals surface area contributed by atoms with Crippen LogP contribution in [0.1, 0.15) is 32.8 Å². The Bertz CT molecular complexity index is 771. The molecule has 144 valence electrons. The zero-order valence-corrected chi connectivity index (χ0v) is 16.2. The molecule has 0 aliphatic rings. The molecule has 5 nitrogen and oxygen atoms in total. The number of anilines is 1. The van der Waals surface area contributed by atoms with Gasteiger partial charge in [-0.2, -0.15) is 0 Å². The minimum atomic E-state index is -0.230. The number of ether oxygens (including phenoxy) is 3. The topological polar surface area (TPSA) is 56.8 Å². The summed E-state index contributed by atoms with van der Waals surface area (Å²) in [7, 11) is 0. The first-order chi connectivity index (χ1) is 13.2. The molecule has 0 bridgehead atoms. The summed E-state index contributed by atoms with van der Waals surface area (Å²) < 4.78 is 16.8. The van der Waals surface area contributed by atoms with Crippen LogP contribution < -0.4 is 19.5 Å². The van der Waals surface area contributed by atoms with Crippen molar-refractivity contribution in [2.45, 2.75) is 27.2 Å². The molecule has 0 aliphatic carbocycles. The van der Waals surface area contributed by atoms with E-state index in [2.05, 4.69) is 12.2 Å². The molecule has 2 aromatic rings. The van der Waals surface area contributed by atoms with Gasteiger partial charge in [0.15, 0.2) is 11.5 Å². The second kappa shape index (κ2) is 10.9. The van der Waals surface area contributed by atoms with Crippen LogP contribution in [0.25, 0.3) is 6.08 Å². The Labute approximate surface area is 161 Å². The maximum atomic E-state index is 12.3.